The maximum atomic E-state index is 6.11. The maximum Gasteiger partial charge on any atom is 0.141 e. The number of benzene rings is 2. The molecule has 0 radical (unpaired) electrons. The quantitative estimate of drug-likeness (QED) is 0.759. The number of rotatable bonds is 5. The van der Waals surface area contributed by atoms with Crippen molar-refractivity contribution in [3.05, 3.63) is 57.0 Å². The molecule has 21 heavy (non-hydrogen) atoms. The first-order valence-electron chi connectivity index (χ1n) is 7.07. The normalized spacial score (nSPS) is 14.2. The average Bonchev–Trinajstić information content (AvgIpc) is 3.25. The molecular weight excluding hydrogens is 350 g/mol. The van der Waals surface area contributed by atoms with Crippen LogP contribution in [0.1, 0.15) is 24.0 Å². The first-order chi connectivity index (χ1) is 10.1. The molecule has 1 N–H and O–H groups in total. The van der Waals surface area contributed by atoms with E-state index in [0.717, 1.165) is 28.1 Å². The summed E-state index contributed by atoms with van der Waals surface area (Å²) in [5.41, 5.74) is 2.31. The van der Waals surface area contributed by atoms with Gasteiger partial charge in [0.15, 0.2) is 0 Å². The Balaban J connectivity index is 1.83. The van der Waals surface area contributed by atoms with E-state index in [1.807, 2.05) is 36.4 Å². The van der Waals surface area contributed by atoms with Gasteiger partial charge in [0.2, 0.25) is 0 Å². The SMILES string of the molecule is Cc1ccc(Oc2cc(Cl)ccc2CNC2CC2)c(Br)c1. The van der Waals surface area contributed by atoms with Gasteiger partial charge in [0, 0.05) is 23.2 Å². The molecule has 0 spiro atoms. The van der Waals surface area contributed by atoms with Crippen LogP contribution < -0.4 is 10.1 Å². The van der Waals surface area contributed by atoms with Gasteiger partial charge < -0.3 is 10.1 Å². The Hall–Kier alpha value is -1.03. The highest BCUT2D eigenvalue weighted by Crippen LogP contribution is 2.34. The van der Waals surface area contributed by atoms with Crippen molar-refractivity contribution in [1.29, 1.82) is 0 Å². The van der Waals surface area contributed by atoms with Gasteiger partial charge in [-0.15, -0.1) is 0 Å². The van der Waals surface area contributed by atoms with E-state index >= 15 is 0 Å². The highest BCUT2D eigenvalue weighted by molar-refractivity contribution is 9.10. The molecule has 0 atom stereocenters. The molecule has 0 aromatic heterocycles. The van der Waals surface area contributed by atoms with Crippen LogP contribution in [0.4, 0.5) is 0 Å². The van der Waals surface area contributed by atoms with Gasteiger partial charge in [0.05, 0.1) is 4.47 Å². The largest absolute Gasteiger partial charge is 0.456 e. The van der Waals surface area contributed by atoms with Crippen molar-refractivity contribution in [3.8, 4) is 11.5 Å². The minimum atomic E-state index is 0.666. The Morgan fingerprint density at radius 1 is 1.19 bits per heavy atom. The van der Waals surface area contributed by atoms with Crippen molar-refractivity contribution >= 4 is 27.5 Å². The van der Waals surface area contributed by atoms with E-state index in [-0.39, 0.29) is 0 Å². The van der Waals surface area contributed by atoms with E-state index in [2.05, 4.69) is 28.2 Å². The smallest absolute Gasteiger partial charge is 0.141 e. The minimum absolute atomic E-state index is 0.666. The van der Waals surface area contributed by atoms with Crippen LogP contribution in [0.3, 0.4) is 0 Å². The molecule has 0 amide bonds. The monoisotopic (exact) mass is 365 g/mol. The number of nitrogens with one attached hydrogen (secondary N) is 1. The minimum Gasteiger partial charge on any atom is -0.456 e. The molecule has 0 saturated heterocycles. The van der Waals surface area contributed by atoms with Gasteiger partial charge in [-0.25, -0.2) is 0 Å². The summed E-state index contributed by atoms with van der Waals surface area (Å²) in [4.78, 5) is 0. The fraction of sp³-hybridized carbons (Fsp3) is 0.294. The lowest BCUT2D eigenvalue weighted by molar-refractivity contribution is 0.469. The van der Waals surface area contributed by atoms with E-state index in [0.29, 0.717) is 11.1 Å². The number of hydrogen-bond donors (Lipinski definition) is 1. The van der Waals surface area contributed by atoms with Gasteiger partial charge in [0.1, 0.15) is 11.5 Å². The van der Waals surface area contributed by atoms with Crippen LogP contribution in [0, 0.1) is 6.92 Å². The highest BCUT2D eigenvalue weighted by Gasteiger charge is 2.20. The van der Waals surface area contributed by atoms with Crippen LogP contribution in [0.2, 0.25) is 5.02 Å². The summed E-state index contributed by atoms with van der Waals surface area (Å²) < 4.78 is 7.01. The molecule has 1 saturated carbocycles. The third-order valence-electron chi connectivity index (χ3n) is 3.50. The molecule has 0 heterocycles. The van der Waals surface area contributed by atoms with Crippen LogP contribution in [-0.4, -0.2) is 6.04 Å². The number of aryl methyl sites for hydroxylation is 1. The predicted molar refractivity (Wildman–Crippen MR) is 90.3 cm³/mol. The second-order valence-electron chi connectivity index (χ2n) is 5.44. The summed E-state index contributed by atoms with van der Waals surface area (Å²) in [7, 11) is 0. The van der Waals surface area contributed by atoms with Gasteiger partial charge >= 0.3 is 0 Å². The Morgan fingerprint density at radius 2 is 2.00 bits per heavy atom. The Bertz CT molecular complexity index is 655. The molecule has 0 bridgehead atoms. The molecule has 2 aromatic rings. The second kappa shape index (κ2) is 6.39. The molecule has 4 heteroatoms. The van der Waals surface area contributed by atoms with Crippen LogP contribution in [-0.2, 0) is 6.54 Å². The van der Waals surface area contributed by atoms with Crippen molar-refractivity contribution in [2.45, 2.75) is 32.4 Å². The van der Waals surface area contributed by atoms with Gasteiger partial charge in [-0.2, -0.15) is 0 Å². The topological polar surface area (TPSA) is 21.3 Å². The maximum absolute atomic E-state index is 6.11. The van der Waals surface area contributed by atoms with E-state index in [4.69, 9.17) is 16.3 Å². The summed E-state index contributed by atoms with van der Waals surface area (Å²) >= 11 is 9.66. The standard InChI is InChI=1S/C17H17BrClNO/c1-11-2-7-16(15(18)8-11)21-17-9-13(19)4-3-12(17)10-20-14-5-6-14/h2-4,7-9,14,20H,5-6,10H2,1H3. The van der Waals surface area contributed by atoms with Crippen LogP contribution >= 0.6 is 27.5 Å². The summed E-state index contributed by atoms with van der Waals surface area (Å²) in [6, 6.07) is 12.5. The molecule has 2 nitrogen and oxygen atoms in total. The predicted octanol–water partition coefficient (Wildman–Crippen LogP) is 5.46. The number of hydrogen-bond acceptors (Lipinski definition) is 2. The van der Waals surface area contributed by atoms with Crippen LogP contribution in [0.5, 0.6) is 11.5 Å². The first kappa shape index (κ1) is 14.9. The molecule has 1 aliphatic carbocycles. The van der Waals surface area contributed by atoms with Crippen molar-refractivity contribution < 1.29 is 4.74 Å². The number of ether oxygens (including phenoxy) is 1. The Morgan fingerprint density at radius 3 is 2.71 bits per heavy atom. The second-order valence-corrected chi connectivity index (χ2v) is 6.73. The van der Waals surface area contributed by atoms with E-state index < -0.39 is 0 Å². The fourth-order valence-corrected chi connectivity index (χ4v) is 2.85. The van der Waals surface area contributed by atoms with Crippen molar-refractivity contribution in [3.63, 3.8) is 0 Å². The van der Waals surface area contributed by atoms with Crippen molar-refractivity contribution in [2.75, 3.05) is 0 Å². The molecule has 0 unspecified atom stereocenters. The third-order valence-corrected chi connectivity index (χ3v) is 4.35. The number of halogens is 2. The zero-order valence-corrected chi connectivity index (χ0v) is 14.2. The third kappa shape index (κ3) is 4.00. The molecule has 1 aliphatic rings. The van der Waals surface area contributed by atoms with Gasteiger partial charge in [-0.3, -0.25) is 0 Å². The lowest BCUT2D eigenvalue weighted by Crippen LogP contribution is -2.15. The Kier molecular flexibility index (Phi) is 4.53. The lowest BCUT2D eigenvalue weighted by Gasteiger charge is -2.13. The average molecular weight is 367 g/mol. The zero-order chi connectivity index (χ0) is 14.8. The summed E-state index contributed by atoms with van der Waals surface area (Å²) in [5, 5.41) is 4.19. The van der Waals surface area contributed by atoms with Crippen molar-refractivity contribution in [2.24, 2.45) is 0 Å². The lowest BCUT2D eigenvalue weighted by atomic mass is 10.2. The molecular formula is C17H17BrClNO. The van der Waals surface area contributed by atoms with E-state index in [1.165, 1.54) is 18.4 Å². The van der Waals surface area contributed by atoms with Gasteiger partial charge in [-0.05, 0) is 65.5 Å². The van der Waals surface area contributed by atoms with Crippen molar-refractivity contribution in [1.82, 2.24) is 5.32 Å². The zero-order valence-electron chi connectivity index (χ0n) is 11.8. The molecule has 2 aromatic carbocycles. The molecule has 3 rings (SSSR count). The van der Waals surface area contributed by atoms with Crippen LogP contribution in [0.15, 0.2) is 40.9 Å². The Labute approximate surface area is 138 Å². The fourth-order valence-electron chi connectivity index (χ4n) is 2.12. The molecule has 1 fully saturated rings. The summed E-state index contributed by atoms with van der Waals surface area (Å²) in [6.07, 6.45) is 2.54. The highest BCUT2D eigenvalue weighted by atomic mass is 79.9. The van der Waals surface area contributed by atoms with E-state index in [9.17, 15) is 0 Å². The van der Waals surface area contributed by atoms with E-state index in [1.54, 1.807) is 0 Å². The van der Waals surface area contributed by atoms with Gasteiger partial charge in [-0.1, -0.05) is 23.7 Å². The summed E-state index contributed by atoms with van der Waals surface area (Å²) in [5.74, 6) is 1.61. The molecule has 110 valence electrons. The van der Waals surface area contributed by atoms with Crippen LogP contribution in [0.25, 0.3) is 0 Å². The first-order valence-corrected chi connectivity index (χ1v) is 8.25. The molecule has 0 aliphatic heterocycles. The summed E-state index contributed by atoms with van der Waals surface area (Å²) in [6.45, 7) is 2.86. The van der Waals surface area contributed by atoms with Gasteiger partial charge in [0.25, 0.3) is 0 Å².